The van der Waals surface area contributed by atoms with Crippen LogP contribution in [0.15, 0.2) is 120 Å². The number of amides is 1. The molecule has 4 aromatic carbocycles. The van der Waals surface area contributed by atoms with Crippen molar-refractivity contribution >= 4 is 23.2 Å². The number of nitro groups is 2. The first-order valence-electron chi connectivity index (χ1n) is 23.7. The van der Waals surface area contributed by atoms with E-state index in [0.29, 0.717) is 66.9 Å². The molecule has 1 amide bonds. The number of nitro benzene ring substituents is 2. The zero-order valence-corrected chi connectivity index (χ0v) is 39.2. The maximum atomic E-state index is 14.9. The molecular formula is C52H59FN4O14. The predicted octanol–water partition coefficient (Wildman–Crippen LogP) is 8.56. The molecule has 0 saturated heterocycles. The van der Waals surface area contributed by atoms with Gasteiger partial charge in [-0.25, -0.2) is 9.18 Å². The molecule has 0 radical (unpaired) electrons. The molecule has 7 rings (SSSR count). The van der Waals surface area contributed by atoms with E-state index in [1.165, 1.54) is 47.4 Å². The SMILES string of the molecule is C=CCOC12Oc3ccc(OCc4ccccc4F)cc3C3C(CCCCO)C(CCCCO)C=C(C(=NOCc4ccc([N+](=O)[O-])cc4)CC1N(CCOCCO)C(=O)Oc1ccc([N+](=O)[O-])cc1)C32. The molecule has 378 valence electrons. The molecule has 71 heavy (non-hydrogen) atoms. The molecule has 0 spiro atoms. The lowest BCUT2D eigenvalue weighted by Gasteiger charge is -2.59. The standard InChI is InChI=1S/C52H59FN4O14/c1-2-27-68-52-48(55(23-28-66-29-26-60)51(61)70-40-19-17-39(18-20-40)57(64)65)32-46(54-69-33-35-13-15-38(16-14-35)56(62)63)43-30-36(9-5-7-24-58)42(11-6-8-25-59)49(50(43)52)44-31-41(21-22-47(44)71-52)67-34-37-10-3-4-12-45(37)53/h2-4,10,12-22,30-31,36,42,48-50,58-60H,1,5-9,11,23-29,32-34H2. The van der Waals surface area contributed by atoms with Crippen LogP contribution in [0.2, 0.25) is 0 Å². The number of rotatable bonds is 26. The minimum absolute atomic E-state index is 0.00110. The molecule has 3 N–H and O–H groups in total. The summed E-state index contributed by atoms with van der Waals surface area (Å²) >= 11 is 0. The summed E-state index contributed by atoms with van der Waals surface area (Å²) in [5, 5.41) is 57.3. The number of benzene rings is 4. The Labute approximate surface area is 410 Å². The van der Waals surface area contributed by atoms with E-state index in [4.69, 9.17) is 33.7 Å². The second kappa shape index (κ2) is 24.9. The highest BCUT2D eigenvalue weighted by Gasteiger charge is 2.65. The molecule has 1 heterocycles. The maximum absolute atomic E-state index is 14.9. The average Bonchev–Trinajstić information content (AvgIpc) is 3.37. The van der Waals surface area contributed by atoms with Crippen molar-refractivity contribution in [2.24, 2.45) is 22.9 Å². The highest BCUT2D eigenvalue weighted by atomic mass is 19.1. The van der Waals surface area contributed by atoms with Gasteiger partial charge in [-0.2, -0.15) is 0 Å². The van der Waals surface area contributed by atoms with Crippen LogP contribution in [0.3, 0.4) is 0 Å². The van der Waals surface area contributed by atoms with Crippen LogP contribution in [-0.2, 0) is 27.5 Å². The number of ether oxygens (including phenoxy) is 5. The molecule has 6 unspecified atom stereocenters. The lowest BCUT2D eigenvalue weighted by Crippen LogP contribution is -2.70. The molecule has 6 atom stereocenters. The summed E-state index contributed by atoms with van der Waals surface area (Å²) in [7, 11) is 0. The zero-order chi connectivity index (χ0) is 50.3. The van der Waals surface area contributed by atoms with E-state index in [2.05, 4.69) is 12.7 Å². The molecule has 1 aliphatic heterocycles. The van der Waals surface area contributed by atoms with Crippen molar-refractivity contribution < 1.29 is 62.9 Å². The Balaban J connectivity index is 1.42. The third kappa shape index (κ3) is 12.4. The lowest BCUT2D eigenvalue weighted by molar-refractivity contribution is -0.385. The first kappa shape index (κ1) is 52.1. The number of non-ortho nitro benzene ring substituents is 2. The van der Waals surface area contributed by atoms with E-state index in [1.54, 1.807) is 48.5 Å². The van der Waals surface area contributed by atoms with Crippen molar-refractivity contribution in [3.63, 3.8) is 0 Å². The number of hydrogen-bond donors (Lipinski definition) is 3. The fourth-order valence-electron chi connectivity index (χ4n) is 9.91. The number of halogens is 1. The largest absolute Gasteiger partial charge is 0.489 e. The minimum Gasteiger partial charge on any atom is -0.489 e. The third-order valence-corrected chi connectivity index (χ3v) is 13.1. The van der Waals surface area contributed by atoms with Crippen LogP contribution in [0.4, 0.5) is 20.6 Å². The maximum Gasteiger partial charge on any atom is 0.415 e. The number of carbonyl (C=O) groups excluding carboxylic acids is 1. The highest BCUT2D eigenvalue weighted by molar-refractivity contribution is 6.03. The van der Waals surface area contributed by atoms with E-state index in [-0.39, 0.29) is 94.8 Å². The quantitative estimate of drug-likeness (QED) is 0.0231. The van der Waals surface area contributed by atoms with E-state index in [9.17, 15) is 44.7 Å². The van der Waals surface area contributed by atoms with Gasteiger partial charge in [-0.1, -0.05) is 48.3 Å². The first-order chi connectivity index (χ1) is 34.5. The molecule has 1 fully saturated rings. The Hall–Kier alpha value is -6.77. The normalized spacial score (nSPS) is 21.5. The summed E-state index contributed by atoms with van der Waals surface area (Å²) < 4.78 is 47.1. The van der Waals surface area contributed by atoms with Gasteiger partial charge < -0.3 is 43.8 Å². The van der Waals surface area contributed by atoms with E-state index >= 15 is 0 Å². The van der Waals surface area contributed by atoms with Crippen LogP contribution >= 0.6 is 0 Å². The van der Waals surface area contributed by atoms with Gasteiger partial charge in [0.25, 0.3) is 11.4 Å². The monoisotopic (exact) mass is 982 g/mol. The van der Waals surface area contributed by atoms with E-state index < -0.39 is 45.4 Å². The van der Waals surface area contributed by atoms with Crippen molar-refractivity contribution in [3.8, 4) is 17.2 Å². The van der Waals surface area contributed by atoms with Gasteiger partial charge in [-0.3, -0.25) is 25.1 Å². The Morgan fingerprint density at radius 1 is 0.873 bits per heavy atom. The minimum atomic E-state index is -1.72. The molecule has 18 nitrogen and oxygen atoms in total. The molecule has 0 aromatic heterocycles. The van der Waals surface area contributed by atoms with Crippen molar-refractivity contribution in [1.82, 2.24) is 4.90 Å². The third-order valence-electron chi connectivity index (χ3n) is 13.1. The van der Waals surface area contributed by atoms with Crippen LogP contribution < -0.4 is 14.2 Å². The first-order valence-corrected chi connectivity index (χ1v) is 23.7. The Morgan fingerprint density at radius 2 is 1.56 bits per heavy atom. The van der Waals surface area contributed by atoms with Crippen molar-refractivity contribution in [3.05, 3.63) is 158 Å². The Kier molecular flexibility index (Phi) is 18.2. The molecule has 2 aliphatic carbocycles. The smallest absolute Gasteiger partial charge is 0.415 e. The number of unbranched alkanes of at least 4 members (excludes halogenated alkanes) is 2. The number of oxime groups is 1. The summed E-state index contributed by atoms with van der Waals surface area (Å²) in [6.07, 6.45) is 6.56. The number of aliphatic hydroxyl groups is 3. The summed E-state index contributed by atoms with van der Waals surface area (Å²) in [4.78, 5) is 44.2. The second-order valence-corrected chi connectivity index (χ2v) is 17.5. The number of carbonyl (C=O) groups is 1. The molecule has 1 saturated carbocycles. The summed E-state index contributed by atoms with van der Waals surface area (Å²) in [5.74, 6) is -2.73. The van der Waals surface area contributed by atoms with Gasteiger partial charge in [0.1, 0.15) is 42.3 Å². The van der Waals surface area contributed by atoms with Crippen molar-refractivity contribution in [2.45, 2.75) is 75.9 Å². The fraction of sp³-hybridized carbons (Fsp3) is 0.423. The van der Waals surface area contributed by atoms with Gasteiger partial charge in [0.15, 0.2) is 0 Å². The summed E-state index contributed by atoms with van der Waals surface area (Å²) in [5.41, 5.74) is 2.57. The number of hydrogen-bond acceptors (Lipinski definition) is 15. The van der Waals surface area contributed by atoms with Gasteiger partial charge in [0, 0.05) is 67.5 Å². The van der Waals surface area contributed by atoms with Gasteiger partial charge in [-0.05, 0) is 97.2 Å². The second-order valence-electron chi connectivity index (χ2n) is 17.5. The zero-order valence-electron chi connectivity index (χ0n) is 39.2. The van der Waals surface area contributed by atoms with E-state index in [0.717, 1.165) is 11.1 Å². The lowest BCUT2D eigenvalue weighted by atomic mass is 9.55. The van der Waals surface area contributed by atoms with Gasteiger partial charge in [0.05, 0.1) is 47.9 Å². The number of aliphatic hydroxyl groups excluding tert-OH is 3. The molecule has 0 bridgehead atoms. The van der Waals surface area contributed by atoms with Crippen LogP contribution in [0.1, 0.15) is 67.6 Å². The van der Waals surface area contributed by atoms with E-state index in [1.807, 2.05) is 6.07 Å². The number of fused-ring (bicyclic) bond motifs is 2. The van der Waals surface area contributed by atoms with Crippen LogP contribution in [0.5, 0.6) is 17.2 Å². The van der Waals surface area contributed by atoms with Crippen LogP contribution in [-0.4, -0.2) is 99.9 Å². The molecule has 3 aliphatic rings. The van der Waals surface area contributed by atoms with Crippen LogP contribution in [0.25, 0.3) is 0 Å². The summed E-state index contributed by atoms with van der Waals surface area (Å²) in [6.45, 7) is 3.26. The molecule has 4 aromatic rings. The van der Waals surface area contributed by atoms with Crippen molar-refractivity contribution in [1.29, 1.82) is 0 Å². The van der Waals surface area contributed by atoms with Gasteiger partial charge >= 0.3 is 6.09 Å². The van der Waals surface area contributed by atoms with Crippen LogP contribution in [0, 0.1) is 43.8 Å². The summed E-state index contributed by atoms with van der Waals surface area (Å²) in [6, 6.07) is 21.6. The highest BCUT2D eigenvalue weighted by Crippen LogP contribution is 2.62. The number of allylic oxidation sites excluding steroid dienone is 1. The fourth-order valence-corrected chi connectivity index (χ4v) is 9.91. The topological polar surface area (TPSA) is 235 Å². The van der Waals surface area contributed by atoms with Crippen molar-refractivity contribution in [2.75, 3.05) is 46.2 Å². The van der Waals surface area contributed by atoms with Gasteiger partial charge in [-0.15, -0.1) is 6.58 Å². The number of nitrogens with zero attached hydrogens (tertiary/aromatic N) is 4. The molecular weight excluding hydrogens is 924 g/mol. The average molecular weight is 983 g/mol. The molecule has 19 heteroatoms. The predicted molar refractivity (Wildman–Crippen MR) is 257 cm³/mol. The Morgan fingerprint density at radius 3 is 2.24 bits per heavy atom. The van der Waals surface area contributed by atoms with Gasteiger partial charge in [0.2, 0.25) is 5.79 Å². The Bertz CT molecular complexity index is 2520.